The van der Waals surface area contributed by atoms with Crippen LogP contribution < -0.4 is 0 Å². The molecule has 0 nitrogen and oxygen atoms in total. The fourth-order valence-corrected chi connectivity index (χ4v) is 8.73. The van der Waals surface area contributed by atoms with Crippen molar-refractivity contribution >= 4 is 47.8 Å². The molecule has 180 valence electrons. The molecule has 0 unspecified atom stereocenters. The molecule has 3 aliphatic rings. The fourth-order valence-electron chi connectivity index (χ4n) is 7.64. The van der Waals surface area contributed by atoms with Gasteiger partial charge in [-0.1, -0.05) is 108 Å². The summed E-state index contributed by atoms with van der Waals surface area (Å²) < 4.78 is 3.41. The van der Waals surface area contributed by atoms with Gasteiger partial charge in [-0.3, -0.25) is 0 Å². The molecule has 3 heteroatoms. The van der Waals surface area contributed by atoms with Gasteiger partial charge in [-0.15, -0.1) is 0 Å². The van der Waals surface area contributed by atoms with Crippen LogP contribution in [0, 0.1) is 0 Å². The van der Waals surface area contributed by atoms with E-state index in [1.165, 1.54) is 66.8 Å². The van der Waals surface area contributed by atoms with Gasteiger partial charge in [0.05, 0.1) is 0 Å². The largest absolute Gasteiger partial charge is 0.0564 e. The second kappa shape index (κ2) is 7.04. The molecule has 0 saturated carbocycles. The molecule has 36 heavy (non-hydrogen) atoms. The molecule has 3 aliphatic carbocycles. The summed E-state index contributed by atoms with van der Waals surface area (Å²) in [5, 5.41) is 0. The van der Waals surface area contributed by atoms with Gasteiger partial charge in [0.1, 0.15) is 0 Å². The van der Waals surface area contributed by atoms with E-state index in [9.17, 15) is 0 Å². The predicted molar refractivity (Wildman–Crippen MR) is 162 cm³/mol. The first-order chi connectivity index (χ1) is 16.9. The number of hydrogen-bond donors (Lipinski definition) is 0. The normalized spacial score (nSPS) is 18.2. The van der Waals surface area contributed by atoms with Crippen LogP contribution in [0.4, 0.5) is 0 Å². The minimum atomic E-state index is -0.101. The molecule has 0 N–H and O–H groups in total. The zero-order valence-electron chi connectivity index (χ0n) is 21.3. The molecule has 0 amide bonds. The van der Waals surface area contributed by atoms with Gasteiger partial charge in [0.15, 0.2) is 0 Å². The summed E-state index contributed by atoms with van der Waals surface area (Å²) in [5.41, 5.74) is 16.9. The Balaban J connectivity index is 1.79. The Bertz CT molecular complexity index is 1460. The highest BCUT2D eigenvalue weighted by Gasteiger charge is 2.52. The molecular weight excluding hydrogens is 636 g/mol. The lowest BCUT2D eigenvalue weighted by Gasteiger charge is -2.31. The van der Waals surface area contributed by atoms with Crippen LogP contribution in [0.15, 0.2) is 68.0 Å². The average Bonchev–Trinajstić information content (AvgIpc) is 3.26. The summed E-state index contributed by atoms with van der Waals surface area (Å²) in [6, 6.07) is 20.7. The summed E-state index contributed by atoms with van der Waals surface area (Å²) >= 11 is 11.4. The van der Waals surface area contributed by atoms with Crippen molar-refractivity contribution < 1.29 is 0 Å². The highest BCUT2D eigenvalue weighted by Crippen LogP contribution is 2.67. The van der Waals surface area contributed by atoms with E-state index in [2.05, 4.69) is 144 Å². The molecule has 0 fully saturated rings. The summed E-state index contributed by atoms with van der Waals surface area (Å²) in [5.74, 6) is 0. The Morgan fingerprint density at radius 3 is 0.917 bits per heavy atom. The lowest BCUT2D eigenvalue weighted by atomic mass is 9.71. The molecule has 4 aromatic carbocycles. The van der Waals surface area contributed by atoms with Crippen molar-refractivity contribution in [2.24, 2.45) is 0 Å². The maximum atomic E-state index is 3.80. The Morgan fingerprint density at radius 1 is 0.417 bits per heavy atom. The van der Waals surface area contributed by atoms with Crippen molar-refractivity contribution in [3.63, 3.8) is 0 Å². The van der Waals surface area contributed by atoms with Crippen molar-refractivity contribution in [3.8, 4) is 33.4 Å². The van der Waals surface area contributed by atoms with Gasteiger partial charge in [-0.25, -0.2) is 0 Å². The van der Waals surface area contributed by atoms with Gasteiger partial charge >= 0.3 is 0 Å². The van der Waals surface area contributed by atoms with Crippen molar-refractivity contribution in [1.29, 1.82) is 0 Å². The minimum Gasteiger partial charge on any atom is -0.0564 e. The van der Waals surface area contributed by atoms with Gasteiger partial charge < -0.3 is 0 Å². The van der Waals surface area contributed by atoms with Crippen molar-refractivity contribution in [2.75, 3.05) is 0 Å². The van der Waals surface area contributed by atoms with Crippen LogP contribution in [0.2, 0.25) is 0 Å². The summed E-state index contributed by atoms with van der Waals surface area (Å²) in [6.07, 6.45) is 0. The van der Waals surface area contributed by atoms with E-state index in [4.69, 9.17) is 0 Å². The van der Waals surface area contributed by atoms with Crippen LogP contribution in [-0.2, 0) is 16.2 Å². The van der Waals surface area contributed by atoms with E-state index in [0.29, 0.717) is 0 Å². The number of fused-ring (bicyclic) bond motifs is 12. The molecule has 0 heterocycles. The highest BCUT2D eigenvalue weighted by atomic mass is 79.9. The monoisotopic (exact) mass is 660 g/mol. The maximum Gasteiger partial charge on any atom is 0.0181 e. The van der Waals surface area contributed by atoms with Crippen molar-refractivity contribution in [3.05, 3.63) is 101 Å². The van der Waals surface area contributed by atoms with Gasteiger partial charge in [-0.05, 0) is 103 Å². The van der Waals surface area contributed by atoms with Crippen molar-refractivity contribution in [1.82, 2.24) is 0 Å². The van der Waals surface area contributed by atoms with E-state index >= 15 is 0 Å². The molecule has 0 radical (unpaired) electrons. The van der Waals surface area contributed by atoms with E-state index < -0.39 is 0 Å². The fraction of sp³-hybridized carbons (Fsp3) is 0.273. The molecule has 0 bridgehead atoms. The third-order valence-electron chi connectivity index (χ3n) is 9.15. The number of benzene rings is 4. The van der Waals surface area contributed by atoms with E-state index in [1.807, 2.05) is 0 Å². The third kappa shape index (κ3) is 2.65. The van der Waals surface area contributed by atoms with Crippen LogP contribution in [0.3, 0.4) is 0 Å². The Hall–Kier alpha value is -1.68. The summed E-state index contributed by atoms with van der Waals surface area (Å²) in [6.45, 7) is 14.5. The smallest absolute Gasteiger partial charge is 0.0181 e. The molecule has 4 aromatic rings. The first-order valence-electron chi connectivity index (χ1n) is 12.5. The van der Waals surface area contributed by atoms with Gasteiger partial charge in [0.2, 0.25) is 0 Å². The van der Waals surface area contributed by atoms with Crippen LogP contribution in [0.25, 0.3) is 33.4 Å². The first-order valence-corrected chi connectivity index (χ1v) is 14.9. The number of halogens is 3. The standard InChI is InChI=1S/C33H27Br3/c1-31(2)22-10-7-16(34)13-19(22)25-28(31)26-20-14-17(35)8-11-23(20)32(3,4)30(26)27-21-15-18(36)9-12-24(21)33(5,6)29(25)27/h7-15H,1-6H3. The molecule has 0 aliphatic heterocycles. The van der Waals surface area contributed by atoms with Crippen molar-refractivity contribution in [2.45, 2.75) is 57.8 Å². The quantitative estimate of drug-likeness (QED) is 0.176. The number of rotatable bonds is 0. The van der Waals surface area contributed by atoms with Gasteiger partial charge in [0, 0.05) is 29.7 Å². The second-order valence-electron chi connectivity index (χ2n) is 12.2. The van der Waals surface area contributed by atoms with E-state index in [-0.39, 0.29) is 16.2 Å². The lowest BCUT2D eigenvalue weighted by Crippen LogP contribution is -2.22. The zero-order chi connectivity index (χ0) is 25.5. The molecule has 0 aromatic heterocycles. The van der Waals surface area contributed by atoms with E-state index in [1.54, 1.807) is 0 Å². The minimum absolute atomic E-state index is 0.101. The zero-order valence-corrected chi connectivity index (χ0v) is 26.1. The highest BCUT2D eigenvalue weighted by molar-refractivity contribution is 9.11. The molecule has 0 saturated heterocycles. The average molecular weight is 663 g/mol. The van der Waals surface area contributed by atoms with Crippen LogP contribution in [-0.4, -0.2) is 0 Å². The van der Waals surface area contributed by atoms with Gasteiger partial charge in [-0.2, -0.15) is 0 Å². The molecule has 0 spiro atoms. The SMILES string of the molecule is CC1(C)c2ccc(Br)cc2-c2c1c1c(c3c2C(C)(C)c2ccc(Br)cc2-3)C(C)(C)c2ccc(Br)cc2-1. The van der Waals surface area contributed by atoms with Crippen LogP contribution >= 0.6 is 47.8 Å². The molecule has 0 atom stereocenters. The number of hydrogen-bond acceptors (Lipinski definition) is 0. The van der Waals surface area contributed by atoms with Crippen LogP contribution in [0.1, 0.15) is 74.9 Å². The Kier molecular flexibility index (Phi) is 4.58. The van der Waals surface area contributed by atoms with Crippen LogP contribution in [0.5, 0.6) is 0 Å². The predicted octanol–water partition coefficient (Wildman–Crippen LogP) is 10.9. The Labute approximate surface area is 238 Å². The van der Waals surface area contributed by atoms with E-state index in [0.717, 1.165) is 13.4 Å². The summed E-state index contributed by atoms with van der Waals surface area (Å²) in [7, 11) is 0. The second-order valence-corrected chi connectivity index (χ2v) is 14.9. The molecular formula is C33H27Br3. The summed E-state index contributed by atoms with van der Waals surface area (Å²) in [4.78, 5) is 0. The maximum absolute atomic E-state index is 3.80. The topological polar surface area (TPSA) is 0 Å². The lowest BCUT2D eigenvalue weighted by molar-refractivity contribution is 0.635. The first kappa shape index (κ1) is 23.4. The Morgan fingerprint density at radius 2 is 0.667 bits per heavy atom. The molecule has 7 rings (SSSR count). The van der Waals surface area contributed by atoms with Gasteiger partial charge in [0.25, 0.3) is 0 Å². The third-order valence-corrected chi connectivity index (χ3v) is 10.6.